The van der Waals surface area contributed by atoms with Crippen molar-refractivity contribution in [2.45, 2.75) is 19.5 Å². The Balaban J connectivity index is 1.39. The van der Waals surface area contributed by atoms with Gasteiger partial charge in [-0.15, -0.1) is 0 Å². The van der Waals surface area contributed by atoms with E-state index in [1.54, 1.807) is 0 Å². The second-order valence-corrected chi connectivity index (χ2v) is 7.31. The molecule has 0 amide bonds. The highest BCUT2D eigenvalue weighted by molar-refractivity contribution is 6.30. The van der Waals surface area contributed by atoms with Gasteiger partial charge < -0.3 is 9.88 Å². The van der Waals surface area contributed by atoms with Gasteiger partial charge in [-0.25, -0.2) is 4.98 Å². The van der Waals surface area contributed by atoms with Crippen LogP contribution in [0.5, 0.6) is 0 Å². The molecule has 4 rings (SSSR count). The van der Waals surface area contributed by atoms with Gasteiger partial charge in [0.05, 0.1) is 0 Å². The summed E-state index contributed by atoms with van der Waals surface area (Å²) in [6, 6.07) is 18.9. The average Bonchev–Trinajstić information content (AvgIpc) is 3.12. The molecule has 1 aliphatic heterocycles. The molecule has 0 aliphatic carbocycles. The van der Waals surface area contributed by atoms with Gasteiger partial charge >= 0.3 is 0 Å². The van der Waals surface area contributed by atoms with E-state index < -0.39 is 0 Å². The molecular formula is C21H23ClN4. The number of hydrogen-bond donors (Lipinski definition) is 1. The minimum Gasteiger partial charge on any atom is -0.366 e. The molecule has 0 bridgehead atoms. The van der Waals surface area contributed by atoms with Gasteiger partial charge in [0.1, 0.15) is 5.82 Å². The van der Waals surface area contributed by atoms with E-state index >= 15 is 0 Å². The number of aromatic nitrogens is 2. The topological polar surface area (TPSA) is 35.2 Å². The molecule has 3 aromatic rings. The van der Waals surface area contributed by atoms with Crippen LogP contribution >= 0.6 is 11.6 Å². The van der Waals surface area contributed by atoms with Crippen molar-refractivity contribution in [3.8, 4) is 11.4 Å². The van der Waals surface area contributed by atoms with E-state index in [1.165, 1.54) is 5.69 Å². The number of benzene rings is 2. The smallest absolute Gasteiger partial charge is 0.137 e. The molecule has 0 radical (unpaired) electrons. The van der Waals surface area contributed by atoms with Gasteiger partial charge in [-0.1, -0.05) is 41.9 Å². The van der Waals surface area contributed by atoms with Crippen LogP contribution in [0.1, 0.15) is 12.6 Å². The lowest BCUT2D eigenvalue weighted by molar-refractivity contribution is 0.219. The SMILES string of the molecule is CC1CN(Cc2cnc(-c3ccccc3)[nH]2)CCN1c1ccc(Cl)cc1. The average molecular weight is 367 g/mol. The maximum atomic E-state index is 6.01. The Morgan fingerprint density at radius 3 is 2.58 bits per heavy atom. The zero-order chi connectivity index (χ0) is 17.9. The third-order valence-electron chi connectivity index (χ3n) is 4.94. The van der Waals surface area contributed by atoms with Crippen LogP contribution in [0.3, 0.4) is 0 Å². The van der Waals surface area contributed by atoms with Gasteiger partial charge in [0.2, 0.25) is 0 Å². The first kappa shape index (κ1) is 17.1. The van der Waals surface area contributed by atoms with Crippen molar-refractivity contribution in [3.63, 3.8) is 0 Å². The summed E-state index contributed by atoms with van der Waals surface area (Å²) in [5.74, 6) is 0.938. The highest BCUT2D eigenvalue weighted by atomic mass is 35.5. The maximum absolute atomic E-state index is 6.01. The van der Waals surface area contributed by atoms with Gasteiger partial charge in [0, 0.05) is 60.4 Å². The number of nitrogens with zero attached hydrogens (tertiary/aromatic N) is 3. The summed E-state index contributed by atoms with van der Waals surface area (Å²) in [5, 5.41) is 0.786. The van der Waals surface area contributed by atoms with Crippen molar-refractivity contribution in [1.29, 1.82) is 0 Å². The van der Waals surface area contributed by atoms with E-state index in [4.69, 9.17) is 11.6 Å². The van der Waals surface area contributed by atoms with Gasteiger partial charge in [0.25, 0.3) is 0 Å². The number of halogens is 1. The van der Waals surface area contributed by atoms with Crippen molar-refractivity contribution < 1.29 is 0 Å². The molecule has 1 aromatic heterocycles. The number of piperazine rings is 1. The Labute approximate surface area is 159 Å². The molecule has 1 unspecified atom stereocenters. The van der Waals surface area contributed by atoms with E-state index in [2.05, 4.69) is 51.0 Å². The molecule has 1 saturated heterocycles. The fourth-order valence-corrected chi connectivity index (χ4v) is 3.74. The zero-order valence-corrected chi connectivity index (χ0v) is 15.7. The van der Waals surface area contributed by atoms with E-state index in [1.807, 2.05) is 36.5 Å². The minimum absolute atomic E-state index is 0.460. The standard InChI is InChI=1S/C21H23ClN4/c1-16-14-25(11-12-26(16)20-9-7-18(22)8-10-20)15-19-13-23-21(24-19)17-5-3-2-4-6-17/h2-10,13,16H,11-12,14-15H2,1H3,(H,23,24). The molecule has 1 aliphatic rings. The van der Waals surface area contributed by atoms with Crippen molar-refractivity contribution in [2.75, 3.05) is 24.5 Å². The van der Waals surface area contributed by atoms with Gasteiger partial charge in [-0.2, -0.15) is 0 Å². The first-order valence-electron chi connectivity index (χ1n) is 9.03. The molecule has 26 heavy (non-hydrogen) atoms. The number of aromatic amines is 1. The molecular weight excluding hydrogens is 344 g/mol. The molecule has 2 aromatic carbocycles. The Hall–Kier alpha value is -2.30. The second kappa shape index (κ2) is 7.52. The summed E-state index contributed by atoms with van der Waals surface area (Å²) in [4.78, 5) is 12.9. The molecule has 1 N–H and O–H groups in total. The second-order valence-electron chi connectivity index (χ2n) is 6.88. The molecule has 4 nitrogen and oxygen atoms in total. The normalized spacial score (nSPS) is 18.2. The number of imidazole rings is 1. The fraction of sp³-hybridized carbons (Fsp3) is 0.286. The minimum atomic E-state index is 0.460. The third kappa shape index (κ3) is 3.76. The van der Waals surface area contributed by atoms with Crippen LogP contribution in [0, 0.1) is 0 Å². The highest BCUT2D eigenvalue weighted by Gasteiger charge is 2.24. The Kier molecular flexibility index (Phi) is 4.96. The van der Waals surface area contributed by atoms with Crippen LogP contribution in [0.15, 0.2) is 60.8 Å². The van der Waals surface area contributed by atoms with E-state index in [0.717, 1.165) is 48.3 Å². The molecule has 1 fully saturated rings. The van der Waals surface area contributed by atoms with Crippen LogP contribution in [0.4, 0.5) is 5.69 Å². The lowest BCUT2D eigenvalue weighted by Gasteiger charge is -2.41. The predicted molar refractivity (Wildman–Crippen MR) is 108 cm³/mol. The predicted octanol–water partition coefficient (Wildman–Crippen LogP) is 4.44. The van der Waals surface area contributed by atoms with Gasteiger partial charge in [0.15, 0.2) is 0 Å². The van der Waals surface area contributed by atoms with Crippen LogP contribution in [0.2, 0.25) is 5.02 Å². The first-order valence-corrected chi connectivity index (χ1v) is 9.41. The Morgan fingerprint density at radius 1 is 1.08 bits per heavy atom. The highest BCUT2D eigenvalue weighted by Crippen LogP contribution is 2.23. The molecule has 5 heteroatoms. The molecule has 2 heterocycles. The van der Waals surface area contributed by atoms with Crippen molar-refractivity contribution >= 4 is 17.3 Å². The first-order chi connectivity index (χ1) is 12.7. The number of nitrogens with one attached hydrogen (secondary N) is 1. The molecule has 0 saturated carbocycles. The van der Waals surface area contributed by atoms with Crippen LogP contribution in [-0.2, 0) is 6.54 Å². The Bertz CT molecular complexity index is 844. The van der Waals surface area contributed by atoms with E-state index in [0.29, 0.717) is 6.04 Å². The van der Waals surface area contributed by atoms with Gasteiger partial charge in [-0.05, 0) is 31.2 Å². The number of H-pyrrole nitrogens is 1. The summed E-state index contributed by atoms with van der Waals surface area (Å²) >= 11 is 6.01. The van der Waals surface area contributed by atoms with Crippen molar-refractivity contribution in [3.05, 3.63) is 71.5 Å². The Morgan fingerprint density at radius 2 is 1.85 bits per heavy atom. The summed E-state index contributed by atoms with van der Waals surface area (Å²) < 4.78 is 0. The van der Waals surface area contributed by atoms with Gasteiger partial charge in [-0.3, -0.25) is 4.90 Å². The molecule has 0 spiro atoms. The maximum Gasteiger partial charge on any atom is 0.137 e. The largest absolute Gasteiger partial charge is 0.366 e. The number of hydrogen-bond acceptors (Lipinski definition) is 3. The quantitative estimate of drug-likeness (QED) is 0.741. The summed E-state index contributed by atoms with van der Waals surface area (Å²) in [7, 11) is 0. The fourth-order valence-electron chi connectivity index (χ4n) is 3.62. The van der Waals surface area contributed by atoms with Crippen LogP contribution < -0.4 is 4.90 Å². The lowest BCUT2D eigenvalue weighted by atomic mass is 10.1. The monoisotopic (exact) mass is 366 g/mol. The van der Waals surface area contributed by atoms with E-state index in [9.17, 15) is 0 Å². The third-order valence-corrected chi connectivity index (χ3v) is 5.19. The molecule has 134 valence electrons. The van der Waals surface area contributed by atoms with Crippen molar-refractivity contribution in [2.24, 2.45) is 0 Å². The summed E-state index contributed by atoms with van der Waals surface area (Å²) in [6.07, 6.45) is 1.96. The lowest BCUT2D eigenvalue weighted by Crippen LogP contribution is -2.51. The summed E-state index contributed by atoms with van der Waals surface area (Å²) in [5.41, 5.74) is 3.53. The zero-order valence-electron chi connectivity index (χ0n) is 14.9. The van der Waals surface area contributed by atoms with Crippen LogP contribution in [-0.4, -0.2) is 40.5 Å². The van der Waals surface area contributed by atoms with E-state index in [-0.39, 0.29) is 0 Å². The van der Waals surface area contributed by atoms with Crippen molar-refractivity contribution in [1.82, 2.24) is 14.9 Å². The van der Waals surface area contributed by atoms with Crippen LogP contribution in [0.25, 0.3) is 11.4 Å². The number of rotatable bonds is 4. The molecule has 1 atom stereocenters. The summed E-state index contributed by atoms with van der Waals surface area (Å²) in [6.45, 7) is 6.26. The number of anilines is 1.